The van der Waals surface area contributed by atoms with Crippen LogP contribution in [0.15, 0.2) is 40.8 Å². The first kappa shape index (κ1) is 14.3. The van der Waals surface area contributed by atoms with Crippen LogP contribution in [0.1, 0.15) is 23.4 Å². The van der Waals surface area contributed by atoms with Gasteiger partial charge in [0.2, 0.25) is 0 Å². The smallest absolute Gasteiger partial charge is 0.326 e. The largest absolute Gasteiger partial charge is 0.480 e. The number of furan rings is 1. The summed E-state index contributed by atoms with van der Waals surface area (Å²) in [7, 11) is 0. The minimum Gasteiger partial charge on any atom is -0.480 e. The van der Waals surface area contributed by atoms with Crippen molar-refractivity contribution in [3.8, 4) is 11.3 Å². The number of rotatable bonds is 3. The van der Waals surface area contributed by atoms with Crippen LogP contribution in [0.4, 0.5) is 4.39 Å². The number of carboxylic acids is 1. The molecule has 6 heteroatoms. The van der Waals surface area contributed by atoms with Crippen molar-refractivity contribution in [1.82, 2.24) is 4.90 Å². The van der Waals surface area contributed by atoms with Crippen LogP contribution in [0.3, 0.4) is 0 Å². The van der Waals surface area contributed by atoms with Crippen LogP contribution in [-0.4, -0.2) is 34.5 Å². The van der Waals surface area contributed by atoms with Crippen molar-refractivity contribution in [2.24, 2.45) is 0 Å². The van der Waals surface area contributed by atoms with Crippen molar-refractivity contribution in [3.05, 3.63) is 48.0 Å². The number of aliphatic carboxylic acids is 1. The van der Waals surface area contributed by atoms with E-state index >= 15 is 0 Å². The predicted octanol–water partition coefficient (Wildman–Crippen LogP) is 2.77. The molecule has 0 radical (unpaired) electrons. The Morgan fingerprint density at radius 1 is 1.23 bits per heavy atom. The van der Waals surface area contributed by atoms with Gasteiger partial charge in [0, 0.05) is 6.54 Å². The molecule has 3 rings (SSSR count). The third-order valence-electron chi connectivity index (χ3n) is 3.75. The Morgan fingerprint density at radius 3 is 2.73 bits per heavy atom. The maximum Gasteiger partial charge on any atom is 0.326 e. The van der Waals surface area contributed by atoms with Gasteiger partial charge in [-0.15, -0.1) is 0 Å². The van der Waals surface area contributed by atoms with Crippen molar-refractivity contribution in [2.75, 3.05) is 6.54 Å². The number of hydrogen-bond acceptors (Lipinski definition) is 3. The summed E-state index contributed by atoms with van der Waals surface area (Å²) >= 11 is 0. The summed E-state index contributed by atoms with van der Waals surface area (Å²) in [4.78, 5) is 24.8. The number of carbonyl (C=O) groups excluding carboxylic acids is 1. The van der Waals surface area contributed by atoms with Crippen LogP contribution >= 0.6 is 0 Å². The first-order valence-corrected chi connectivity index (χ1v) is 6.96. The van der Waals surface area contributed by atoms with Crippen molar-refractivity contribution in [2.45, 2.75) is 18.9 Å². The number of benzene rings is 1. The van der Waals surface area contributed by atoms with Gasteiger partial charge >= 0.3 is 5.97 Å². The van der Waals surface area contributed by atoms with E-state index in [4.69, 9.17) is 9.52 Å². The lowest BCUT2D eigenvalue weighted by atomic mass is 10.1. The summed E-state index contributed by atoms with van der Waals surface area (Å²) in [6, 6.07) is 8.23. The highest BCUT2D eigenvalue weighted by atomic mass is 19.1. The van der Waals surface area contributed by atoms with Gasteiger partial charge in [0.15, 0.2) is 5.76 Å². The molecule has 0 saturated carbocycles. The van der Waals surface area contributed by atoms with Crippen molar-refractivity contribution < 1.29 is 23.5 Å². The highest BCUT2D eigenvalue weighted by Gasteiger charge is 2.35. The molecule has 1 N–H and O–H groups in total. The van der Waals surface area contributed by atoms with E-state index in [1.807, 2.05) is 0 Å². The minimum atomic E-state index is -1.02. The standard InChI is InChI=1S/C16H14FNO4/c17-11-5-2-1-4-10(11)13-7-8-14(22-13)15(19)18-9-3-6-12(18)16(20)21/h1-2,4-5,7-8,12H,3,6,9H2,(H,20,21)/t12-/m1/s1. The topological polar surface area (TPSA) is 70.8 Å². The van der Waals surface area contributed by atoms with Crippen LogP contribution in [-0.2, 0) is 4.79 Å². The zero-order chi connectivity index (χ0) is 15.7. The van der Waals surface area contributed by atoms with Crippen molar-refractivity contribution >= 4 is 11.9 Å². The van der Waals surface area contributed by atoms with E-state index in [0.29, 0.717) is 19.4 Å². The summed E-state index contributed by atoms with van der Waals surface area (Å²) in [6.07, 6.45) is 1.07. The highest BCUT2D eigenvalue weighted by molar-refractivity contribution is 5.95. The monoisotopic (exact) mass is 303 g/mol. The molecule has 1 saturated heterocycles. The second-order valence-electron chi connectivity index (χ2n) is 5.14. The van der Waals surface area contributed by atoms with Crippen LogP contribution in [0.2, 0.25) is 0 Å². The number of likely N-dealkylation sites (tertiary alicyclic amines) is 1. The van der Waals surface area contributed by atoms with E-state index in [1.165, 1.54) is 23.1 Å². The van der Waals surface area contributed by atoms with Gasteiger partial charge < -0.3 is 14.4 Å². The summed E-state index contributed by atoms with van der Waals surface area (Å²) in [5.74, 6) is -1.68. The Balaban J connectivity index is 1.86. The lowest BCUT2D eigenvalue weighted by Gasteiger charge is -2.19. The van der Waals surface area contributed by atoms with Crippen LogP contribution < -0.4 is 0 Å². The molecule has 22 heavy (non-hydrogen) atoms. The minimum absolute atomic E-state index is 0.0198. The fourth-order valence-corrected chi connectivity index (χ4v) is 2.67. The molecule has 0 bridgehead atoms. The Kier molecular flexibility index (Phi) is 3.66. The molecular weight excluding hydrogens is 289 g/mol. The van der Waals surface area contributed by atoms with E-state index in [9.17, 15) is 14.0 Å². The SMILES string of the molecule is O=C(O)[C@H]1CCCN1C(=O)c1ccc(-c2ccccc2F)o1. The molecule has 0 unspecified atom stereocenters. The fraction of sp³-hybridized carbons (Fsp3) is 0.250. The predicted molar refractivity (Wildman–Crippen MR) is 75.8 cm³/mol. The number of halogens is 1. The van der Waals surface area contributed by atoms with Gasteiger partial charge in [0.1, 0.15) is 17.6 Å². The third kappa shape index (κ3) is 2.47. The van der Waals surface area contributed by atoms with Gasteiger partial charge in [-0.05, 0) is 37.1 Å². The van der Waals surface area contributed by atoms with E-state index in [2.05, 4.69) is 0 Å². The Bertz CT molecular complexity index is 724. The molecule has 1 amide bonds. The number of carbonyl (C=O) groups is 2. The van der Waals surface area contributed by atoms with Gasteiger partial charge in [-0.3, -0.25) is 4.79 Å². The molecule has 1 aromatic carbocycles. The van der Waals surface area contributed by atoms with Crippen LogP contribution in [0, 0.1) is 5.82 Å². The van der Waals surface area contributed by atoms with Gasteiger partial charge in [0.25, 0.3) is 5.91 Å². The van der Waals surface area contributed by atoms with Gasteiger partial charge in [-0.25, -0.2) is 9.18 Å². The second-order valence-corrected chi connectivity index (χ2v) is 5.14. The molecule has 0 spiro atoms. The summed E-state index contributed by atoms with van der Waals surface area (Å²) in [5, 5.41) is 9.12. The van der Waals surface area contributed by atoms with Gasteiger partial charge in [-0.1, -0.05) is 12.1 Å². The normalized spacial score (nSPS) is 17.7. The lowest BCUT2D eigenvalue weighted by Crippen LogP contribution is -2.40. The zero-order valence-corrected chi connectivity index (χ0v) is 11.7. The number of hydrogen-bond donors (Lipinski definition) is 1. The molecule has 1 aliphatic rings. The van der Waals surface area contributed by atoms with Crippen LogP contribution in [0.25, 0.3) is 11.3 Å². The molecule has 2 aromatic rings. The van der Waals surface area contributed by atoms with Crippen LogP contribution in [0.5, 0.6) is 0 Å². The Hall–Kier alpha value is -2.63. The van der Waals surface area contributed by atoms with Gasteiger partial charge in [0.05, 0.1) is 5.56 Å². The first-order chi connectivity index (χ1) is 10.6. The molecule has 1 aliphatic heterocycles. The third-order valence-corrected chi connectivity index (χ3v) is 3.75. The van der Waals surface area contributed by atoms with E-state index in [1.54, 1.807) is 18.2 Å². The number of nitrogens with zero attached hydrogens (tertiary/aromatic N) is 1. The summed E-state index contributed by atoms with van der Waals surface area (Å²) < 4.78 is 19.2. The number of amides is 1. The lowest BCUT2D eigenvalue weighted by molar-refractivity contribution is -0.141. The quantitative estimate of drug-likeness (QED) is 0.946. The van der Waals surface area contributed by atoms with E-state index < -0.39 is 23.7 Å². The first-order valence-electron chi connectivity index (χ1n) is 6.96. The Labute approximate surface area is 126 Å². The van der Waals surface area contributed by atoms with Crippen molar-refractivity contribution in [3.63, 3.8) is 0 Å². The fourth-order valence-electron chi connectivity index (χ4n) is 2.67. The molecular formula is C16H14FNO4. The second kappa shape index (κ2) is 5.63. The summed E-state index contributed by atoms with van der Waals surface area (Å²) in [6.45, 7) is 0.380. The zero-order valence-electron chi connectivity index (χ0n) is 11.7. The molecule has 114 valence electrons. The molecule has 0 aliphatic carbocycles. The summed E-state index contributed by atoms with van der Waals surface area (Å²) in [5.41, 5.74) is 0.262. The molecule has 2 heterocycles. The maximum absolute atomic E-state index is 13.7. The molecule has 1 fully saturated rings. The Morgan fingerprint density at radius 2 is 2.00 bits per heavy atom. The molecule has 1 aromatic heterocycles. The van der Waals surface area contributed by atoms with Gasteiger partial charge in [-0.2, -0.15) is 0 Å². The van der Waals surface area contributed by atoms with Crippen molar-refractivity contribution in [1.29, 1.82) is 0 Å². The molecule has 5 nitrogen and oxygen atoms in total. The average molecular weight is 303 g/mol. The maximum atomic E-state index is 13.7. The number of carboxylic acid groups (broad SMARTS) is 1. The highest BCUT2D eigenvalue weighted by Crippen LogP contribution is 2.27. The van der Waals surface area contributed by atoms with E-state index in [0.717, 1.165) is 0 Å². The van der Waals surface area contributed by atoms with E-state index in [-0.39, 0.29) is 17.1 Å². The average Bonchev–Trinajstić information content (AvgIpc) is 3.16. The molecule has 1 atom stereocenters.